The monoisotopic (exact) mass is 902 g/mol. The molecule has 3 N–H and O–H groups in total. The summed E-state index contributed by atoms with van der Waals surface area (Å²) in [6.45, 7) is 4.88. The molecule has 2 atom stereocenters. The third-order valence-corrected chi connectivity index (χ3v) is 13.2. The van der Waals surface area contributed by atoms with Crippen LogP contribution in [0.15, 0.2) is 24.3 Å². The number of allylic oxidation sites excluding steroid dienone is 3. The van der Waals surface area contributed by atoms with Crippen LogP contribution in [0.1, 0.15) is 309 Å². The molecule has 0 aliphatic rings. The molecule has 0 rings (SSSR count). The Bertz CT molecular complexity index is 997. The molecule has 6 heteroatoms. The van der Waals surface area contributed by atoms with Crippen LogP contribution in [0, 0.1) is 0 Å². The van der Waals surface area contributed by atoms with Crippen LogP contribution in [-0.4, -0.2) is 47.4 Å². The maximum absolute atomic E-state index is 12.5. The smallest absolute Gasteiger partial charge is 0.305 e. The average molecular weight is 903 g/mol. The zero-order valence-electron chi connectivity index (χ0n) is 43.0. The van der Waals surface area contributed by atoms with E-state index in [-0.39, 0.29) is 18.5 Å². The first-order valence-corrected chi connectivity index (χ1v) is 28.6. The Morgan fingerprint density at radius 3 is 1.11 bits per heavy atom. The van der Waals surface area contributed by atoms with E-state index in [1.54, 1.807) is 6.08 Å². The number of aliphatic hydroxyl groups is 2. The van der Waals surface area contributed by atoms with Gasteiger partial charge in [0.05, 0.1) is 25.4 Å². The molecule has 1 amide bonds. The first-order valence-electron chi connectivity index (χ1n) is 28.6. The maximum atomic E-state index is 12.5. The zero-order valence-corrected chi connectivity index (χ0v) is 43.0. The summed E-state index contributed by atoms with van der Waals surface area (Å²) >= 11 is 0. The predicted octanol–water partition coefficient (Wildman–Crippen LogP) is 17.5. The molecule has 0 saturated heterocycles. The number of ether oxygens (including phenoxy) is 1. The lowest BCUT2D eigenvalue weighted by Gasteiger charge is -2.20. The summed E-state index contributed by atoms with van der Waals surface area (Å²) in [7, 11) is 0. The van der Waals surface area contributed by atoms with Crippen molar-refractivity contribution in [3.8, 4) is 0 Å². The number of aliphatic hydroxyl groups excluding tert-OH is 2. The van der Waals surface area contributed by atoms with Gasteiger partial charge in [-0.15, -0.1) is 0 Å². The minimum absolute atomic E-state index is 0.0144. The van der Waals surface area contributed by atoms with Gasteiger partial charge >= 0.3 is 5.97 Å². The van der Waals surface area contributed by atoms with E-state index in [0.717, 1.165) is 57.8 Å². The van der Waals surface area contributed by atoms with Gasteiger partial charge in [-0.25, -0.2) is 0 Å². The Morgan fingerprint density at radius 2 is 0.734 bits per heavy atom. The third-order valence-electron chi connectivity index (χ3n) is 13.2. The van der Waals surface area contributed by atoms with Gasteiger partial charge in [0.1, 0.15) is 0 Å². The Labute approximate surface area is 399 Å². The number of nitrogens with one attached hydrogen (secondary N) is 1. The molecule has 64 heavy (non-hydrogen) atoms. The highest BCUT2D eigenvalue weighted by Gasteiger charge is 2.18. The molecular weight excluding hydrogens is 791 g/mol. The Balaban J connectivity index is 3.48. The third kappa shape index (κ3) is 49.8. The molecule has 0 radical (unpaired) electrons. The molecule has 0 fully saturated rings. The summed E-state index contributed by atoms with van der Waals surface area (Å²) in [5.74, 6) is -0.0934. The van der Waals surface area contributed by atoms with Gasteiger partial charge in [0.25, 0.3) is 0 Å². The molecule has 0 aromatic carbocycles. The topological polar surface area (TPSA) is 95.9 Å². The predicted molar refractivity (Wildman–Crippen MR) is 278 cm³/mol. The fourth-order valence-corrected chi connectivity index (χ4v) is 8.81. The summed E-state index contributed by atoms with van der Waals surface area (Å²) in [6, 6.07) is -0.638. The highest BCUT2D eigenvalue weighted by atomic mass is 16.5. The standard InChI is InChI=1S/C58H111NO5/c1-3-5-7-9-11-13-15-17-19-20-21-22-24-26-30-34-38-42-46-50-56(61)55(54-60)59-57(62)51-47-43-39-35-31-27-25-29-33-37-41-45-49-53-64-58(63)52-48-44-40-36-32-28-23-18-16-14-12-10-8-6-4-2/h18,23,46,50,55-56,60-61H,3-17,19-22,24-45,47-49,51-54H2,1-2H3,(H,59,62)/b23-18-,50-46+. The Morgan fingerprint density at radius 1 is 0.422 bits per heavy atom. The quantitative estimate of drug-likeness (QED) is 0.0321. The lowest BCUT2D eigenvalue weighted by Crippen LogP contribution is -2.45. The number of esters is 1. The Hall–Kier alpha value is -1.66. The molecular formula is C58H111NO5. The SMILES string of the molecule is CCCCCCCC/C=C\CCCCCCCC(=O)OCCCCCCCCCCCCCCCC(=O)NC(CO)C(O)/C=C/CCCCCCCCCCCCCCCCCCC. The molecule has 0 heterocycles. The lowest BCUT2D eigenvalue weighted by atomic mass is 10.0. The van der Waals surface area contributed by atoms with E-state index in [2.05, 4.69) is 31.3 Å². The second-order valence-corrected chi connectivity index (χ2v) is 19.6. The van der Waals surface area contributed by atoms with Gasteiger partial charge in [0, 0.05) is 12.8 Å². The highest BCUT2D eigenvalue weighted by molar-refractivity contribution is 5.76. The summed E-state index contributed by atoms with van der Waals surface area (Å²) in [5, 5.41) is 23.1. The van der Waals surface area contributed by atoms with E-state index in [4.69, 9.17) is 4.74 Å². The summed E-state index contributed by atoms with van der Waals surface area (Å²) < 4.78 is 5.47. The Kier molecular flexibility index (Phi) is 52.6. The molecule has 0 aliphatic carbocycles. The van der Waals surface area contributed by atoms with Crippen molar-refractivity contribution >= 4 is 11.9 Å². The zero-order chi connectivity index (χ0) is 46.5. The second-order valence-electron chi connectivity index (χ2n) is 19.6. The second kappa shape index (κ2) is 54.0. The fraction of sp³-hybridized carbons (Fsp3) is 0.897. The number of carbonyl (C=O) groups is 2. The molecule has 6 nitrogen and oxygen atoms in total. The lowest BCUT2D eigenvalue weighted by molar-refractivity contribution is -0.143. The van der Waals surface area contributed by atoms with E-state index >= 15 is 0 Å². The van der Waals surface area contributed by atoms with Crippen LogP contribution >= 0.6 is 0 Å². The van der Waals surface area contributed by atoms with E-state index in [9.17, 15) is 19.8 Å². The molecule has 0 aromatic rings. The van der Waals surface area contributed by atoms with E-state index in [0.29, 0.717) is 19.4 Å². The van der Waals surface area contributed by atoms with Crippen molar-refractivity contribution in [1.82, 2.24) is 5.32 Å². The van der Waals surface area contributed by atoms with E-state index in [1.165, 1.54) is 225 Å². The van der Waals surface area contributed by atoms with Crippen LogP contribution in [0.4, 0.5) is 0 Å². The van der Waals surface area contributed by atoms with Gasteiger partial charge < -0.3 is 20.3 Å². The van der Waals surface area contributed by atoms with Crippen LogP contribution in [0.5, 0.6) is 0 Å². The maximum Gasteiger partial charge on any atom is 0.305 e. The summed E-state index contributed by atoms with van der Waals surface area (Å²) in [5.41, 5.74) is 0. The van der Waals surface area contributed by atoms with Crippen molar-refractivity contribution < 1.29 is 24.5 Å². The number of hydrogen-bond acceptors (Lipinski definition) is 5. The average Bonchev–Trinajstić information content (AvgIpc) is 3.29. The van der Waals surface area contributed by atoms with Crippen LogP contribution in [0.25, 0.3) is 0 Å². The number of hydrogen-bond donors (Lipinski definition) is 3. The fourth-order valence-electron chi connectivity index (χ4n) is 8.81. The molecule has 0 saturated carbocycles. The van der Waals surface area contributed by atoms with Crippen LogP contribution in [0.3, 0.4) is 0 Å². The minimum Gasteiger partial charge on any atom is -0.466 e. The van der Waals surface area contributed by atoms with Crippen molar-refractivity contribution in [2.45, 2.75) is 321 Å². The van der Waals surface area contributed by atoms with Crippen LogP contribution in [0.2, 0.25) is 0 Å². The molecule has 0 aromatic heterocycles. The van der Waals surface area contributed by atoms with Gasteiger partial charge in [-0.1, -0.05) is 263 Å². The number of amides is 1. The summed E-state index contributed by atoms with van der Waals surface area (Å²) in [6.07, 6.45) is 64.7. The molecule has 2 unspecified atom stereocenters. The number of carbonyl (C=O) groups excluding carboxylic acids is 2. The van der Waals surface area contributed by atoms with Crippen molar-refractivity contribution in [1.29, 1.82) is 0 Å². The number of rotatable bonds is 53. The van der Waals surface area contributed by atoms with Gasteiger partial charge in [-0.2, -0.15) is 0 Å². The van der Waals surface area contributed by atoms with Crippen molar-refractivity contribution in [2.75, 3.05) is 13.2 Å². The first-order chi connectivity index (χ1) is 31.5. The van der Waals surface area contributed by atoms with Crippen molar-refractivity contribution in [3.63, 3.8) is 0 Å². The molecule has 0 bridgehead atoms. The van der Waals surface area contributed by atoms with Gasteiger partial charge in [0.2, 0.25) is 5.91 Å². The van der Waals surface area contributed by atoms with Crippen LogP contribution in [-0.2, 0) is 14.3 Å². The van der Waals surface area contributed by atoms with E-state index < -0.39 is 12.1 Å². The normalized spacial score (nSPS) is 12.8. The van der Waals surface area contributed by atoms with Crippen molar-refractivity contribution in [3.05, 3.63) is 24.3 Å². The van der Waals surface area contributed by atoms with Crippen molar-refractivity contribution in [2.24, 2.45) is 0 Å². The molecule has 0 aliphatic heterocycles. The molecule has 0 spiro atoms. The van der Waals surface area contributed by atoms with Gasteiger partial charge in [-0.3, -0.25) is 9.59 Å². The highest BCUT2D eigenvalue weighted by Crippen LogP contribution is 2.17. The van der Waals surface area contributed by atoms with Gasteiger partial charge in [0.15, 0.2) is 0 Å². The first kappa shape index (κ1) is 62.3. The largest absolute Gasteiger partial charge is 0.466 e. The molecule has 378 valence electrons. The van der Waals surface area contributed by atoms with E-state index in [1.807, 2.05) is 6.08 Å². The minimum atomic E-state index is -0.853. The van der Waals surface area contributed by atoms with Crippen LogP contribution < -0.4 is 5.32 Å². The number of unbranched alkanes of at least 4 members (excludes halogenated alkanes) is 40. The van der Waals surface area contributed by atoms with Gasteiger partial charge in [-0.05, 0) is 57.8 Å². The summed E-state index contributed by atoms with van der Waals surface area (Å²) in [4.78, 5) is 24.5.